The highest BCUT2D eigenvalue weighted by Gasteiger charge is 2.74. The second-order valence-corrected chi connectivity index (χ2v) is 4.63. The number of amides is 1. The van der Waals surface area contributed by atoms with E-state index in [1.807, 2.05) is 0 Å². The fourth-order valence-electron chi connectivity index (χ4n) is 1.24. The molecule has 21 heavy (non-hydrogen) atoms. The van der Waals surface area contributed by atoms with Gasteiger partial charge in [0.2, 0.25) is 0 Å². The van der Waals surface area contributed by atoms with Crippen LogP contribution < -0.4 is 5.32 Å². The van der Waals surface area contributed by atoms with Crippen LogP contribution in [0, 0.1) is 0 Å². The van der Waals surface area contributed by atoms with Gasteiger partial charge in [0.15, 0.2) is 0 Å². The van der Waals surface area contributed by atoms with Crippen molar-refractivity contribution in [1.29, 1.82) is 0 Å². The van der Waals surface area contributed by atoms with Crippen LogP contribution in [0.3, 0.4) is 0 Å². The zero-order valence-corrected chi connectivity index (χ0v) is 11.4. The second-order valence-electron chi connectivity index (χ2n) is 4.15. The lowest BCUT2D eigenvalue weighted by Crippen LogP contribution is -2.61. The Balaban J connectivity index is 5.17. The summed E-state index contributed by atoms with van der Waals surface area (Å²) in [5, 5.41) is 4.08. The number of carbonyl (C=O) groups is 2. The molecule has 4 nitrogen and oxygen atoms in total. The Morgan fingerprint density at radius 2 is 1.67 bits per heavy atom. The summed E-state index contributed by atoms with van der Waals surface area (Å²) in [6.07, 6.45) is 0.299. The summed E-state index contributed by atoms with van der Waals surface area (Å²) in [6, 6.07) is -1.90. The van der Waals surface area contributed by atoms with Gasteiger partial charge in [-0.2, -0.15) is 26.3 Å². The minimum Gasteiger partial charge on any atom is -0.480 e. The number of halogens is 7. The zero-order chi connectivity index (χ0) is 17.1. The van der Waals surface area contributed by atoms with Crippen molar-refractivity contribution in [2.24, 2.45) is 0 Å². The summed E-state index contributed by atoms with van der Waals surface area (Å²) in [4.78, 5) is 21.7. The Bertz CT molecular complexity index is 399. The van der Waals surface area contributed by atoms with Crippen molar-refractivity contribution < 1.29 is 41.0 Å². The molecule has 0 aromatic rings. The lowest BCUT2D eigenvalue weighted by Gasteiger charge is -2.29. The number of aliphatic carboxylic acids is 1. The van der Waals surface area contributed by atoms with E-state index in [0.717, 1.165) is 5.32 Å². The predicted molar refractivity (Wildman–Crippen MR) is 59.8 cm³/mol. The minimum atomic E-state index is -6.18. The average Bonchev–Trinajstić information content (AvgIpc) is 2.31. The summed E-state index contributed by atoms with van der Waals surface area (Å²) in [7, 11) is 0. The number of carboxylic acids is 1. The third kappa shape index (κ3) is 4.39. The van der Waals surface area contributed by atoms with Gasteiger partial charge in [-0.1, -0.05) is 19.8 Å². The van der Waals surface area contributed by atoms with E-state index in [1.165, 1.54) is 0 Å². The average molecular weight is 344 g/mol. The highest BCUT2D eigenvalue weighted by molar-refractivity contribution is 6.22. The molecule has 0 aromatic carbocycles. The van der Waals surface area contributed by atoms with Gasteiger partial charge in [-0.25, -0.2) is 4.79 Å². The van der Waals surface area contributed by atoms with E-state index in [0.29, 0.717) is 6.42 Å². The van der Waals surface area contributed by atoms with Gasteiger partial charge in [-0.15, -0.1) is 0 Å². The Kier molecular flexibility index (Phi) is 6.33. The van der Waals surface area contributed by atoms with Crippen molar-refractivity contribution in [3.05, 3.63) is 0 Å². The molecule has 0 aliphatic heterocycles. The van der Waals surface area contributed by atoms with Crippen LogP contribution in [0.4, 0.5) is 26.3 Å². The molecule has 11 heteroatoms. The quantitative estimate of drug-likeness (QED) is 0.526. The summed E-state index contributed by atoms with van der Waals surface area (Å²) in [5.74, 6) is -16.7. The molecule has 0 unspecified atom stereocenters. The highest BCUT2D eigenvalue weighted by atomic mass is 35.5. The largest absolute Gasteiger partial charge is 0.480 e. The molecule has 0 aliphatic carbocycles. The Morgan fingerprint density at radius 3 is 2.00 bits per heavy atom. The maximum atomic E-state index is 13.1. The van der Waals surface area contributed by atoms with Crippen LogP contribution in [0.15, 0.2) is 0 Å². The molecule has 1 atom stereocenters. The molecule has 124 valence electrons. The van der Waals surface area contributed by atoms with Crippen LogP contribution in [-0.4, -0.2) is 40.3 Å². The lowest BCUT2D eigenvalue weighted by molar-refractivity contribution is -0.269. The number of unbranched alkanes of at least 4 members (excludes halogenated alkanes) is 1. The molecule has 0 saturated carbocycles. The van der Waals surface area contributed by atoms with Crippen molar-refractivity contribution in [3.63, 3.8) is 0 Å². The third-order valence-corrected chi connectivity index (χ3v) is 2.72. The lowest BCUT2D eigenvalue weighted by atomic mass is 10.1. The van der Waals surface area contributed by atoms with Crippen molar-refractivity contribution in [2.75, 3.05) is 0 Å². The number of hydrogen-bond donors (Lipinski definition) is 2. The summed E-state index contributed by atoms with van der Waals surface area (Å²) >= 11 is 3.88. The van der Waals surface area contributed by atoms with E-state index in [-0.39, 0.29) is 12.8 Å². The first-order chi connectivity index (χ1) is 9.29. The van der Waals surface area contributed by atoms with Crippen LogP contribution in [0.2, 0.25) is 0 Å². The van der Waals surface area contributed by atoms with Gasteiger partial charge in [-0.05, 0) is 18.0 Å². The van der Waals surface area contributed by atoms with E-state index >= 15 is 0 Å². The van der Waals surface area contributed by atoms with Crippen LogP contribution in [0.1, 0.15) is 26.2 Å². The molecule has 0 aromatic heterocycles. The molecule has 0 heterocycles. The van der Waals surface area contributed by atoms with E-state index in [1.54, 1.807) is 6.92 Å². The summed E-state index contributed by atoms with van der Waals surface area (Å²) < 4.78 is 76.5. The SMILES string of the molecule is CCCC[C@@H](NC(=O)C(F)(F)C(F)(F)C(F)(F)Cl)C(=O)O. The van der Waals surface area contributed by atoms with E-state index in [4.69, 9.17) is 5.11 Å². The first-order valence-corrected chi connectivity index (χ1v) is 6.03. The third-order valence-electron chi connectivity index (χ3n) is 2.49. The maximum Gasteiger partial charge on any atom is 0.395 e. The van der Waals surface area contributed by atoms with Gasteiger partial charge in [0.1, 0.15) is 6.04 Å². The maximum absolute atomic E-state index is 13.1. The number of carbonyl (C=O) groups excluding carboxylic acids is 1. The Labute approximate surface area is 120 Å². The fraction of sp³-hybridized carbons (Fsp3) is 0.800. The number of hydrogen-bond acceptors (Lipinski definition) is 2. The van der Waals surface area contributed by atoms with Crippen LogP contribution in [-0.2, 0) is 9.59 Å². The summed E-state index contributed by atoms with van der Waals surface area (Å²) in [5.41, 5.74) is 0. The number of alkyl halides is 7. The fourth-order valence-corrected chi connectivity index (χ4v) is 1.35. The molecule has 2 N–H and O–H groups in total. The minimum absolute atomic E-state index is 0.185. The van der Waals surface area contributed by atoms with E-state index in [2.05, 4.69) is 11.6 Å². The van der Waals surface area contributed by atoms with Gasteiger partial charge < -0.3 is 10.4 Å². The number of nitrogens with one attached hydrogen (secondary N) is 1. The second kappa shape index (κ2) is 6.71. The monoisotopic (exact) mass is 343 g/mol. The molecule has 0 bridgehead atoms. The molecule has 0 saturated heterocycles. The molecule has 0 rings (SSSR count). The molecule has 0 aliphatic rings. The van der Waals surface area contributed by atoms with Gasteiger partial charge in [0.05, 0.1) is 0 Å². The molecule has 0 spiro atoms. The van der Waals surface area contributed by atoms with Gasteiger partial charge in [0.25, 0.3) is 5.91 Å². The standard InChI is InChI=1S/C10H12ClF6NO3/c1-2-3-4-5(6(19)20)18-7(21)8(12,13)9(14,15)10(11,16)17/h5H,2-4H2,1H3,(H,18,21)(H,19,20)/t5-/m1/s1. The zero-order valence-electron chi connectivity index (χ0n) is 10.6. The van der Waals surface area contributed by atoms with E-state index in [9.17, 15) is 35.9 Å². The summed E-state index contributed by atoms with van der Waals surface area (Å²) in [6.45, 7) is 1.62. The molecular formula is C10H12ClF6NO3. The Hall–Kier alpha value is -1.19. The first kappa shape index (κ1) is 19.8. The van der Waals surface area contributed by atoms with Gasteiger partial charge in [0, 0.05) is 0 Å². The van der Waals surface area contributed by atoms with Gasteiger partial charge in [-0.3, -0.25) is 4.79 Å². The van der Waals surface area contributed by atoms with Crippen molar-refractivity contribution >= 4 is 23.5 Å². The van der Waals surface area contributed by atoms with Crippen LogP contribution >= 0.6 is 11.6 Å². The van der Waals surface area contributed by atoms with Gasteiger partial charge >= 0.3 is 23.2 Å². The van der Waals surface area contributed by atoms with Crippen LogP contribution in [0.5, 0.6) is 0 Å². The van der Waals surface area contributed by atoms with Crippen molar-refractivity contribution in [1.82, 2.24) is 5.32 Å². The first-order valence-electron chi connectivity index (χ1n) is 5.65. The highest BCUT2D eigenvalue weighted by Crippen LogP contribution is 2.47. The smallest absolute Gasteiger partial charge is 0.395 e. The van der Waals surface area contributed by atoms with E-state index < -0.39 is 35.1 Å². The van der Waals surface area contributed by atoms with Crippen molar-refractivity contribution in [2.45, 2.75) is 49.5 Å². The predicted octanol–water partition coefficient (Wildman–Crippen LogP) is 2.85. The number of rotatable bonds is 8. The topological polar surface area (TPSA) is 66.4 Å². The molecule has 0 fully saturated rings. The number of carboxylic acid groups (broad SMARTS) is 1. The molecule has 1 amide bonds. The Morgan fingerprint density at radius 1 is 1.19 bits per heavy atom. The molecule has 0 radical (unpaired) electrons. The van der Waals surface area contributed by atoms with Crippen molar-refractivity contribution in [3.8, 4) is 0 Å². The molecular weight excluding hydrogens is 332 g/mol. The normalized spacial score (nSPS) is 14.7. The van der Waals surface area contributed by atoms with Crippen LogP contribution in [0.25, 0.3) is 0 Å².